The zero-order valence-corrected chi connectivity index (χ0v) is 11.0. The van der Waals surface area contributed by atoms with Gasteiger partial charge in [-0.25, -0.2) is 0 Å². The Bertz CT molecular complexity index is 481. The Morgan fingerprint density at radius 1 is 1.61 bits per heavy atom. The number of nitriles is 1. The van der Waals surface area contributed by atoms with Crippen LogP contribution >= 0.6 is 12.4 Å². The van der Waals surface area contributed by atoms with Crippen LogP contribution in [0.25, 0.3) is 0 Å². The van der Waals surface area contributed by atoms with Crippen molar-refractivity contribution in [3.05, 3.63) is 29.3 Å². The predicted molar refractivity (Wildman–Crippen MR) is 68.4 cm³/mol. The standard InChI is InChI=1S/C12H14N2O3.ClH/c1-12(14,11(16)17-2)6-8-3-4-10(15)9(5-8)7-13;/h3-5,15H,6,14H2,1-2H3;1H/t12-;/m1./s1. The summed E-state index contributed by atoms with van der Waals surface area (Å²) in [5.41, 5.74) is 5.50. The summed E-state index contributed by atoms with van der Waals surface area (Å²) in [5, 5.41) is 18.1. The number of aromatic hydroxyl groups is 1. The monoisotopic (exact) mass is 270 g/mol. The molecule has 0 aliphatic carbocycles. The molecule has 0 aliphatic heterocycles. The molecule has 0 aromatic heterocycles. The molecular formula is C12H15ClN2O3. The molecule has 1 aromatic rings. The normalized spacial score (nSPS) is 12.8. The Hall–Kier alpha value is -1.77. The molecule has 3 N–H and O–H groups in total. The molecule has 0 radical (unpaired) electrons. The van der Waals surface area contributed by atoms with Crippen LogP contribution in [0.2, 0.25) is 0 Å². The van der Waals surface area contributed by atoms with Crippen molar-refractivity contribution in [3.63, 3.8) is 0 Å². The summed E-state index contributed by atoms with van der Waals surface area (Å²) in [6.45, 7) is 1.55. The first kappa shape index (κ1) is 16.2. The molecular weight excluding hydrogens is 256 g/mol. The van der Waals surface area contributed by atoms with Crippen molar-refractivity contribution in [2.45, 2.75) is 18.9 Å². The maximum Gasteiger partial charge on any atom is 0.325 e. The zero-order valence-electron chi connectivity index (χ0n) is 10.1. The molecule has 6 heteroatoms. The van der Waals surface area contributed by atoms with Crippen molar-refractivity contribution in [3.8, 4) is 11.8 Å². The van der Waals surface area contributed by atoms with Gasteiger partial charge in [-0.05, 0) is 24.6 Å². The van der Waals surface area contributed by atoms with Crippen molar-refractivity contribution in [1.82, 2.24) is 0 Å². The number of phenolic OH excluding ortho intramolecular Hbond substituents is 1. The van der Waals surface area contributed by atoms with Crippen LogP contribution in [0.3, 0.4) is 0 Å². The lowest BCUT2D eigenvalue weighted by atomic mass is 9.93. The highest BCUT2D eigenvalue weighted by Gasteiger charge is 2.29. The number of ether oxygens (including phenoxy) is 1. The van der Waals surface area contributed by atoms with Gasteiger partial charge < -0.3 is 15.6 Å². The van der Waals surface area contributed by atoms with Crippen LogP contribution in [-0.2, 0) is 16.0 Å². The number of hydrogen-bond acceptors (Lipinski definition) is 5. The van der Waals surface area contributed by atoms with E-state index in [-0.39, 0.29) is 30.1 Å². The van der Waals surface area contributed by atoms with Gasteiger partial charge in [0.15, 0.2) is 0 Å². The van der Waals surface area contributed by atoms with Crippen LogP contribution in [0.15, 0.2) is 18.2 Å². The number of nitrogens with zero attached hydrogens (tertiary/aromatic N) is 1. The van der Waals surface area contributed by atoms with Crippen molar-refractivity contribution in [2.75, 3.05) is 7.11 Å². The molecule has 0 saturated carbocycles. The summed E-state index contributed by atoms with van der Waals surface area (Å²) in [7, 11) is 1.27. The van der Waals surface area contributed by atoms with E-state index >= 15 is 0 Å². The highest BCUT2D eigenvalue weighted by molar-refractivity contribution is 5.85. The number of hydrogen-bond donors (Lipinski definition) is 2. The van der Waals surface area contributed by atoms with Crippen LogP contribution in [0, 0.1) is 11.3 Å². The molecule has 0 aliphatic rings. The van der Waals surface area contributed by atoms with Gasteiger partial charge in [0.25, 0.3) is 0 Å². The van der Waals surface area contributed by atoms with Gasteiger partial charge in [0.2, 0.25) is 0 Å². The minimum atomic E-state index is -1.15. The third-order valence-electron chi connectivity index (χ3n) is 2.40. The molecule has 0 heterocycles. The molecule has 5 nitrogen and oxygen atoms in total. The number of benzene rings is 1. The lowest BCUT2D eigenvalue weighted by Crippen LogP contribution is -2.47. The van der Waals surface area contributed by atoms with E-state index in [0.717, 1.165) is 0 Å². The molecule has 0 saturated heterocycles. The largest absolute Gasteiger partial charge is 0.507 e. The second kappa shape index (κ2) is 6.24. The topological polar surface area (TPSA) is 96.3 Å². The highest BCUT2D eigenvalue weighted by atomic mass is 35.5. The smallest absolute Gasteiger partial charge is 0.325 e. The molecule has 98 valence electrons. The molecule has 0 fully saturated rings. The first-order valence-corrected chi connectivity index (χ1v) is 5.00. The average Bonchev–Trinajstić information content (AvgIpc) is 2.30. The fraction of sp³-hybridized carbons (Fsp3) is 0.333. The fourth-order valence-corrected chi connectivity index (χ4v) is 1.51. The Labute approximate surface area is 112 Å². The van der Waals surface area contributed by atoms with Gasteiger partial charge in [-0.15, -0.1) is 12.4 Å². The van der Waals surface area contributed by atoms with Crippen molar-refractivity contribution in [2.24, 2.45) is 5.73 Å². The first-order chi connectivity index (χ1) is 7.90. The summed E-state index contributed by atoms with van der Waals surface area (Å²) in [4.78, 5) is 11.4. The SMILES string of the molecule is COC(=O)[C@](C)(N)Cc1ccc(O)c(C#N)c1.Cl. The summed E-state index contributed by atoms with van der Waals surface area (Å²) >= 11 is 0. The molecule has 1 atom stereocenters. The number of rotatable bonds is 3. The number of carbonyl (C=O) groups excluding carboxylic acids is 1. The number of esters is 1. The second-order valence-corrected chi connectivity index (χ2v) is 4.05. The van der Waals surface area contributed by atoms with Crippen LogP contribution in [-0.4, -0.2) is 23.7 Å². The molecule has 0 amide bonds. The van der Waals surface area contributed by atoms with E-state index in [1.165, 1.54) is 19.2 Å². The first-order valence-electron chi connectivity index (χ1n) is 5.00. The van der Waals surface area contributed by atoms with E-state index in [1.807, 2.05) is 6.07 Å². The average molecular weight is 271 g/mol. The maximum atomic E-state index is 11.4. The summed E-state index contributed by atoms with van der Waals surface area (Å²) < 4.78 is 4.59. The Morgan fingerprint density at radius 3 is 2.72 bits per heavy atom. The van der Waals surface area contributed by atoms with E-state index < -0.39 is 11.5 Å². The highest BCUT2D eigenvalue weighted by Crippen LogP contribution is 2.20. The number of nitrogens with two attached hydrogens (primary N) is 1. The van der Waals surface area contributed by atoms with Crippen molar-refractivity contribution < 1.29 is 14.6 Å². The fourth-order valence-electron chi connectivity index (χ4n) is 1.51. The molecule has 0 spiro atoms. The Kier molecular flexibility index (Phi) is 5.63. The summed E-state index contributed by atoms with van der Waals surface area (Å²) in [5.74, 6) is -0.614. The molecule has 0 unspecified atom stereocenters. The number of halogens is 1. The maximum absolute atomic E-state index is 11.4. The molecule has 1 aromatic carbocycles. The van der Waals surface area contributed by atoms with Crippen LogP contribution < -0.4 is 5.73 Å². The minimum Gasteiger partial charge on any atom is -0.507 e. The third kappa shape index (κ3) is 3.62. The van der Waals surface area contributed by atoms with Crippen LogP contribution in [0.5, 0.6) is 5.75 Å². The van der Waals surface area contributed by atoms with Gasteiger partial charge >= 0.3 is 5.97 Å². The lowest BCUT2D eigenvalue weighted by Gasteiger charge is -2.21. The van der Waals surface area contributed by atoms with Gasteiger partial charge in [0.05, 0.1) is 12.7 Å². The van der Waals surface area contributed by atoms with E-state index in [2.05, 4.69) is 4.74 Å². The Morgan fingerprint density at radius 2 is 2.22 bits per heavy atom. The molecule has 18 heavy (non-hydrogen) atoms. The van der Waals surface area contributed by atoms with Crippen LogP contribution in [0.4, 0.5) is 0 Å². The van der Waals surface area contributed by atoms with Gasteiger partial charge in [0.1, 0.15) is 17.4 Å². The lowest BCUT2D eigenvalue weighted by molar-refractivity contribution is -0.146. The van der Waals surface area contributed by atoms with Crippen molar-refractivity contribution in [1.29, 1.82) is 5.26 Å². The van der Waals surface area contributed by atoms with Crippen LogP contribution in [0.1, 0.15) is 18.1 Å². The van der Waals surface area contributed by atoms with Crippen molar-refractivity contribution >= 4 is 18.4 Å². The van der Waals surface area contributed by atoms with Gasteiger partial charge in [0, 0.05) is 6.42 Å². The van der Waals surface area contributed by atoms with Gasteiger partial charge in [-0.2, -0.15) is 5.26 Å². The van der Waals surface area contributed by atoms with E-state index in [9.17, 15) is 9.90 Å². The third-order valence-corrected chi connectivity index (χ3v) is 2.40. The van der Waals surface area contributed by atoms with E-state index in [1.54, 1.807) is 13.0 Å². The summed E-state index contributed by atoms with van der Waals surface area (Å²) in [6, 6.07) is 6.38. The number of carbonyl (C=O) groups is 1. The van der Waals surface area contributed by atoms with Gasteiger partial charge in [-0.3, -0.25) is 4.79 Å². The quantitative estimate of drug-likeness (QED) is 0.802. The van der Waals surface area contributed by atoms with Gasteiger partial charge in [-0.1, -0.05) is 6.07 Å². The molecule has 0 bridgehead atoms. The predicted octanol–water partition coefficient (Wildman–Crippen LogP) is 1.12. The summed E-state index contributed by atoms with van der Waals surface area (Å²) in [6.07, 6.45) is 0.231. The molecule has 1 rings (SSSR count). The van der Waals surface area contributed by atoms with E-state index in [4.69, 9.17) is 11.0 Å². The zero-order chi connectivity index (χ0) is 13.1. The van der Waals surface area contributed by atoms with E-state index in [0.29, 0.717) is 5.56 Å². The Balaban J connectivity index is 0.00000289. The number of phenols is 1. The second-order valence-electron chi connectivity index (χ2n) is 4.05. The minimum absolute atomic E-state index is 0. The number of methoxy groups -OCH3 is 1.